The van der Waals surface area contributed by atoms with Crippen molar-refractivity contribution in [1.29, 1.82) is 0 Å². The molecule has 2 aromatic rings. The summed E-state index contributed by atoms with van der Waals surface area (Å²) in [5.41, 5.74) is -0.745. The predicted octanol–water partition coefficient (Wildman–Crippen LogP) is 3.70. The largest absolute Gasteiger partial charge is 0.417 e. The maximum Gasteiger partial charge on any atom is 0.417 e. The molecule has 6 heteroatoms. The van der Waals surface area contributed by atoms with Crippen LogP contribution >= 0.6 is 0 Å². The SMILES string of the molecule is C=CC1CCCN1c1ccc2[nH]c(=O)cc(C(F)(F)F)c2c1. The molecule has 1 fully saturated rings. The van der Waals surface area contributed by atoms with E-state index in [0.717, 1.165) is 19.4 Å². The average Bonchev–Trinajstić information content (AvgIpc) is 2.93. The fourth-order valence-corrected chi connectivity index (χ4v) is 3.01. The third-order valence-electron chi connectivity index (χ3n) is 4.03. The number of hydrogen-bond donors (Lipinski definition) is 1. The normalized spacial score (nSPS) is 18.9. The smallest absolute Gasteiger partial charge is 0.365 e. The van der Waals surface area contributed by atoms with Crippen molar-refractivity contribution >= 4 is 16.6 Å². The first kappa shape index (κ1) is 14.7. The van der Waals surface area contributed by atoms with Gasteiger partial charge < -0.3 is 9.88 Å². The van der Waals surface area contributed by atoms with Crippen LogP contribution in [0.5, 0.6) is 0 Å². The Bertz CT molecular complexity index is 779. The molecule has 1 aromatic heterocycles. The highest BCUT2D eigenvalue weighted by atomic mass is 19.4. The summed E-state index contributed by atoms with van der Waals surface area (Å²) >= 11 is 0. The minimum Gasteiger partial charge on any atom is -0.365 e. The highest BCUT2D eigenvalue weighted by molar-refractivity contribution is 5.86. The Balaban J connectivity index is 2.18. The number of pyridine rings is 1. The van der Waals surface area contributed by atoms with E-state index >= 15 is 0 Å². The molecule has 1 N–H and O–H groups in total. The zero-order valence-electron chi connectivity index (χ0n) is 11.8. The number of H-pyrrole nitrogens is 1. The monoisotopic (exact) mass is 308 g/mol. The molecule has 0 spiro atoms. The number of nitrogens with zero attached hydrogens (tertiary/aromatic N) is 1. The Kier molecular flexibility index (Phi) is 3.47. The number of halogens is 3. The molecular weight excluding hydrogens is 293 g/mol. The molecule has 0 aliphatic carbocycles. The lowest BCUT2D eigenvalue weighted by atomic mass is 10.1. The third kappa shape index (κ3) is 2.49. The minimum atomic E-state index is -4.56. The van der Waals surface area contributed by atoms with E-state index in [1.807, 2.05) is 11.0 Å². The number of aromatic amines is 1. The van der Waals surface area contributed by atoms with E-state index in [2.05, 4.69) is 11.6 Å². The van der Waals surface area contributed by atoms with Crippen LogP contribution in [0, 0.1) is 0 Å². The van der Waals surface area contributed by atoms with Crippen molar-refractivity contribution in [3.63, 3.8) is 0 Å². The predicted molar refractivity (Wildman–Crippen MR) is 80.1 cm³/mol. The van der Waals surface area contributed by atoms with Crippen LogP contribution in [0.4, 0.5) is 18.9 Å². The molecule has 3 nitrogen and oxygen atoms in total. The minimum absolute atomic E-state index is 0.0133. The first-order chi connectivity index (χ1) is 10.4. The molecule has 1 aliphatic heterocycles. The van der Waals surface area contributed by atoms with E-state index in [1.165, 1.54) is 12.1 Å². The molecule has 22 heavy (non-hydrogen) atoms. The van der Waals surface area contributed by atoms with Gasteiger partial charge in [-0.25, -0.2) is 0 Å². The molecule has 3 rings (SSSR count). The highest BCUT2D eigenvalue weighted by Crippen LogP contribution is 2.36. The van der Waals surface area contributed by atoms with Crippen LogP contribution in [0.1, 0.15) is 18.4 Å². The van der Waals surface area contributed by atoms with Crippen molar-refractivity contribution in [2.45, 2.75) is 25.1 Å². The third-order valence-corrected chi connectivity index (χ3v) is 4.03. The van der Waals surface area contributed by atoms with E-state index in [9.17, 15) is 18.0 Å². The topological polar surface area (TPSA) is 36.1 Å². The van der Waals surface area contributed by atoms with Crippen LogP contribution in [0.2, 0.25) is 0 Å². The van der Waals surface area contributed by atoms with E-state index in [4.69, 9.17) is 0 Å². The summed E-state index contributed by atoms with van der Waals surface area (Å²) in [5, 5.41) is 0.0133. The summed E-state index contributed by atoms with van der Waals surface area (Å²) in [4.78, 5) is 15.9. The van der Waals surface area contributed by atoms with E-state index in [0.29, 0.717) is 11.8 Å². The quantitative estimate of drug-likeness (QED) is 0.859. The van der Waals surface area contributed by atoms with Gasteiger partial charge in [-0.3, -0.25) is 4.79 Å². The molecule has 0 radical (unpaired) electrons. The lowest BCUT2D eigenvalue weighted by molar-refractivity contribution is -0.136. The van der Waals surface area contributed by atoms with Gasteiger partial charge in [0.25, 0.3) is 0 Å². The van der Waals surface area contributed by atoms with Crippen LogP contribution in [0.25, 0.3) is 10.9 Å². The number of aromatic nitrogens is 1. The van der Waals surface area contributed by atoms with Crippen molar-refractivity contribution in [3.05, 3.63) is 52.8 Å². The second-order valence-corrected chi connectivity index (χ2v) is 5.41. The van der Waals surface area contributed by atoms with Gasteiger partial charge in [0, 0.05) is 35.2 Å². The van der Waals surface area contributed by atoms with Crippen molar-refractivity contribution in [3.8, 4) is 0 Å². The molecule has 1 atom stereocenters. The van der Waals surface area contributed by atoms with Crippen molar-refractivity contribution in [2.75, 3.05) is 11.4 Å². The van der Waals surface area contributed by atoms with E-state index < -0.39 is 17.3 Å². The number of benzene rings is 1. The van der Waals surface area contributed by atoms with Crippen LogP contribution in [-0.2, 0) is 6.18 Å². The number of fused-ring (bicyclic) bond motifs is 1. The van der Waals surface area contributed by atoms with Gasteiger partial charge in [0.1, 0.15) is 0 Å². The molecule has 0 bridgehead atoms. The Morgan fingerprint density at radius 3 is 2.77 bits per heavy atom. The summed E-state index contributed by atoms with van der Waals surface area (Å²) in [6.45, 7) is 4.56. The molecule has 2 heterocycles. The average molecular weight is 308 g/mol. The number of anilines is 1. The number of rotatable bonds is 2. The summed E-state index contributed by atoms with van der Waals surface area (Å²) in [6, 6.07) is 5.51. The first-order valence-corrected chi connectivity index (χ1v) is 7.03. The standard InChI is InChI=1S/C16H15F3N2O/c1-2-10-4-3-7-21(10)11-5-6-14-12(8-11)13(16(17,18)19)9-15(22)20-14/h2,5-6,8-10H,1,3-4,7H2,(H,20,22). The lowest BCUT2D eigenvalue weighted by Gasteiger charge is -2.25. The molecule has 0 amide bonds. The zero-order chi connectivity index (χ0) is 15.9. The Morgan fingerprint density at radius 2 is 2.09 bits per heavy atom. The molecule has 1 aliphatic rings. The van der Waals surface area contributed by atoms with Crippen LogP contribution < -0.4 is 10.5 Å². The Hall–Kier alpha value is -2.24. The molecule has 1 saturated heterocycles. The number of nitrogens with one attached hydrogen (secondary N) is 1. The summed E-state index contributed by atoms with van der Waals surface area (Å²) in [7, 11) is 0. The van der Waals surface area contributed by atoms with Gasteiger partial charge in [-0.05, 0) is 31.0 Å². The van der Waals surface area contributed by atoms with Gasteiger partial charge in [0.15, 0.2) is 0 Å². The van der Waals surface area contributed by atoms with Gasteiger partial charge in [-0.2, -0.15) is 13.2 Å². The maximum absolute atomic E-state index is 13.2. The summed E-state index contributed by atoms with van der Waals surface area (Å²) < 4.78 is 39.5. The van der Waals surface area contributed by atoms with Gasteiger partial charge in [0.2, 0.25) is 5.56 Å². The van der Waals surface area contributed by atoms with Gasteiger partial charge in [-0.15, -0.1) is 6.58 Å². The van der Waals surface area contributed by atoms with Crippen LogP contribution in [0.3, 0.4) is 0 Å². The summed E-state index contributed by atoms with van der Waals surface area (Å²) in [6.07, 6.45) is -0.825. The second kappa shape index (κ2) is 5.19. The van der Waals surface area contributed by atoms with Crippen molar-refractivity contribution < 1.29 is 13.2 Å². The molecular formula is C16H15F3N2O. The van der Waals surface area contributed by atoms with E-state index in [1.54, 1.807) is 6.07 Å². The van der Waals surface area contributed by atoms with Gasteiger partial charge in [0.05, 0.1) is 5.56 Å². The van der Waals surface area contributed by atoms with E-state index in [-0.39, 0.29) is 16.9 Å². The van der Waals surface area contributed by atoms with Crippen LogP contribution in [-0.4, -0.2) is 17.6 Å². The highest BCUT2D eigenvalue weighted by Gasteiger charge is 2.33. The Morgan fingerprint density at radius 1 is 1.32 bits per heavy atom. The first-order valence-electron chi connectivity index (χ1n) is 7.03. The fourth-order valence-electron chi connectivity index (χ4n) is 3.01. The number of alkyl halides is 3. The lowest BCUT2D eigenvalue weighted by Crippen LogP contribution is -2.27. The molecule has 0 saturated carbocycles. The molecule has 1 unspecified atom stereocenters. The maximum atomic E-state index is 13.2. The molecule has 116 valence electrons. The van der Waals surface area contributed by atoms with Gasteiger partial charge >= 0.3 is 6.18 Å². The number of hydrogen-bond acceptors (Lipinski definition) is 2. The fraction of sp³-hybridized carbons (Fsp3) is 0.312. The summed E-state index contributed by atoms with van der Waals surface area (Å²) in [5.74, 6) is 0. The zero-order valence-corrected chi connectivity index (χ0v) is 11.8. The van der Waals surface area contributed by atoms with Crippen molar-refractivity contribution in [1.82, 2.24) is 4.98 Å². The van der Waals surface area contributed by atoms with Crippen LogP contribution in [0.15, 0.2) is 41.7 Å². The van der Waals surface area contributed by atoms with Gasteiger partial charge in [-0.1, -0.05) is 6.08 Å². The Labute approximate surface area is 125 Å². The second-order valence-electron chi connectivity index (χ2n) is 5.41. The molecule has 1 aromatic carbocycles. The van der Waals surface area contributed by atoms with Crippen molar-refractivity contribution in [2.24, 2.45) is 0 Å².